The number of ketones is 2. The van der Waals surface area contributed by atoms with Crippen LogP contribution >= 0.6 is 0 Å². The van der Waals surface area contributed by atoms with Gasteiger partial charge >= 0.3 is 0 Å². The van der Waals surface area contributed by atoms with Crippen LogP contribution in [0.2, 0.25) is 0 Å². The van der Waals surface area contributed by atoms with Gasteiger partial charge in [-0.3, -0.25) is 9.59 Å². The lowest BCUT2D eigenvalue weighted by Gasteiger charge is -2.19. The van der Waals surface area contributed by atoms with Gasteiger partial charge in [-0.1, -0.05) is 0 Å². The van der Waals surface area contributed by atoms with E-state index in [0.717, 1.165) is 18.2 Å². The molecule has 0 saturated heterocycles. The molecule has 2 nitrogen and oxygen atoms in total. The van der Waals surface area contributed by atoms with E-state index in [1.54, 1.807) is 0 Å². The largest absolute Gasteiger partial charge is 0.300 e. The van der Waals surface area contributed by atoms with Gasteiger partial charge < -0.3 is 0 Å². The number of carbonyl (C=O) groups excluding carboxylic acids is 2. The summed E-state index contributed by atoms with van der Waals surface area (Å²) in [4.78, 5) is 23.2. The van der Waals surface area contributed by atoms with E-state index in [1.165, 1.54) is 0 Å². The summed E-state index contributed by atoms with van der Waals surface area (Å²) in [6.45, 7) is 0. The first-order valence-corrected chi connectivity index (χ1v) is 5.58. The fourth-order valence-corrected chi connectivity index (χ4v) is 2.18. The normalized spacial score (nSPS) is 20.4. The average molecular weight is 238 g/mol. The highest BCUT2D eigenvalue weighted by molar-refractivity contribution is 6.00. The lowest BCUT2D eigenvalue weighted by atomic mass is 9.83. The molecule has 17 heavy (non-hydrogen) atoms. The van der Waals surface area contributed by atoms with Gasteiger partial charge in [-0.25, -0.2) is 8.78 Å². The van der Waals surface area contributed by atoms with E-state index in [1.807, 2.05) is 0 Å². The molecule has 0 aromatic heterocycles. The maximum Gasteiger partial charge on any atom is 0.166 e. The average Bonchev–Trinajstić information content (AvgIpc) is 2.26. The van der Waals surface area contributed by atoms with Gasteiger partial charge in [0.25, 0.3) is 0 Å². The van der Waals surface area contributed by atoms with E-state index in [4.69, 9.17) is 0 Å². The zero-order valence-corrected chi connectivity index (χ0v) is 9.21. The summed E-state index contributed by atoms with van der Waals surface area (Å²) in [7, 11) is 0. The van der Waals surface area contributed by atoms with Crippen LogP contribution in [-0.4, -0.2) is 11.6 Å². The molecular formula is C13H12F2O2. The maximum absolute atomic E-state index is 13.0. The van der Waals surface area contributed by atoms with Gasteiger partial charge in [0.2, 0.25) is 0 Å². The highest BCUT2D eigenvalue weighted by atomic mass is 19.1. The zero-order chi connectivity index (χ0) is 12.4. The van der Waals surface area contributed by atoms with Crippen LogP contribution in [0.25, 0.3) is 0 Å². The third kappa shape index (κ3) is 2.75. The highest BCUT2D eigenvalue weighted by Gasteiger charge is 2.26. The molecule has 1 aliphatic carbocycles. The van der Waals surface area contributed by atoms with Gasteiger partial charge in [-0.05, 0) is 25.0 Å². The van der Waals surface area contributed by atoms with Gasteiger partial charge in [0.05, 0.1) is 0 Å². The smallest absolute Gasteiger partial charge is 0.166 e. The number of Topliss-reactive ketones (excluding diaryl/α,β-unsaturated/α-hetero) is 2. The minimum atomic E-state index is -0.768. The van der Waals surface area contributed by atoms with Crippen molar-refractivity contribution >= 4 is 11.6 Å². The monoisotopic (exact) mass is 238 g/mol. The van der Waals surface area contributed by atoms with Crippen LogP contribution in [-0.2, 0) is 4.79 Å². The molecule has 90 valence electrons. The molecule has 0 amide bonds. The second-order valence-corrected chi connectivity index (χ2v) is 4.35. The van der Waals surface area contributed by atoms with Gasteiger partial charge in [-0.2, -0.15) is 0 Å². The van der Waals surface area contributed by atoms with E-state index in [9.17, 15) is 18.4 Å². The topological polar surface area (TPSA) is 34.1 Å². The van der Waals surface area contributed by atoms with Crippen LogP contribution in [0.4, 0.5) is 8.78 Å². The number of hydrogen-bond acceptors (Lipinski definition) is 2. The predicted octanol–water partition coefficient (Wildman–Crippen LogP) is 2.91. The van der Waals surface area contributed by atoms with E-state index in [2.05, 4.69) is 0 Å². The standard InChI is InChI=1S/C13H12F2O2/c14-10-4-9(5-11(15)7-10)13(17)8-2-1-3-12(16)6-8/h4-5,7-8H,1-3,6H2. The number of carbonyl (C=O) groups is 2. The van der Waals surface area contributed by atoms with Crippen molar-refractivity contribution in [3.8, 4) is 0 Å². The molecule has 2 rings (SSSR count). The van der Waals surface area contributed by atoms with Gasteiger partial charge in [0.1, 0.15) is 17.4 Å². The van der Waals surface area contributed by atoms with Crippen LogP contribution in [0.3, 0.4) is 0 Å². The lowest BCUT2D eigenvalue weighted by molar-refractivity contribution is -0.121. The minimum absolute atomic E-state index is 0.0159. The molecule has 1 unspecified atom stereocenters. The molecule has 4 heteroatoms. The molecule has 0 heterocycles. The van der Waals surface area contributed by atoms with Crippen molar-refractivity contribution in [3.63, 3.8) is 0 Å². The Labute approximate surface area is 97.6 Å². The number of rotatable bonds is 2. The molecule has 1 aromatic carbocycles. The van der Waals surface area contributed by atoms with Crippen molar-refractivity contribution in [2.75, 3.05) is 0 Å². The predicted molar refractivity (Wildman–Crippen MR) is 57.7 cm³/mol. The fraction of sp³-hybridized carbons (Fsp3) is 0.385. The summed E-state index contributed by atoms with van der Waals surface area (Å²) < 4.78 is 25.9. The second kappa shape index (κ2) is 4.73. The summed E-state index contributed by atoms with van der Waals surface area (Å²) in [5, 5.41) is 0. The van der Waals surface area contributed by atoms with Gasteiger partial charge in [-0.15, -0.1) is 0 Å². The second-order valence-electron chi connectivity index (χ2n) is 4.35. The summed E-state index contributed by atoms with van der Waals surface area (Å²) >= 11 is 0. The first-order chi connectivity index (χ1) is 8.06. The molecular weight excluding hydrogens is 226 g/mol. The fourth-order valence-electron chi connectivity index (χ4n) is 2.18. The van der Waals surface area contributed by atoms with Crippen molar-refractivity contribution in [2.24, 2.45) is 5.92 Å². The number of halogens is 2. The molecule has 1 aromatic rings. The third-order valence-electron chi connectivity index (χ3n) is 3.00. The Morgan fingerprint density at radius 2 is 1.82 bits per heavy atom. The van der Waals surface area contributed by atoms with Crippen LogP contribution < -0.4 is 0 Å². The number of hydrogen-bond donors (Lipinski definition) is 0. The molecule has 0 N–H and O–H groups in total. The first kappa shape index (κ1) is 11.9. The van der Waals surface area contributed by atoms with Crippen molar-refractivity contribution < 1.29 is 18.4 Å². The SMILES string of the molecule is O=C1CCCC(C(=O)c2cc(F)cc(F)c2)C1. The first-order valence-electron chi connectivity index (χ1n) is 5.58. The number of benzene rings is 1. The zero-order valence-electron chi connectivity index (χ0n) is 9.21. The molecule has 1 atom stereocenters. The van der Waals surface area contributed by atoms with E-state index >= 15 is 0 Å². The molecule has 0 spiro atoms. The molecule has 1 aliphatic rings. The van der Waals surface area contributed by atoms with Gasteiger partial charge in [0.15, 0.2) is 5.78 Å². The quantitative estimate of drug-likeness (QED) is 0.742. The molecule has 0 bridgehead atoms. The molecule has 1 saturated carbocycles. The van der Waals surface area contributed by atoms with E-state index in [-0.39, 0.29) is 23.6 Å². The summed E-state index contributed by atoms with van der Waals surface area (Å²) in [5.41, 5.74) is 0.0159. The Bertz CT molecular complexity index is 448. The van der Waals surface area contributed by atoms with Gasteiger partial charge in [0, 0.05) is 30.4 Å². The van der Waals surface area contributed by atoms with Crippen molar-refractivity contribution in [1.82, 2.24) is 0 Å². The Morgan fingerprint density at radius 1 is 1.18 bits per heavy atom. The highest BCUT2D eigenvalue weighted by Crippen LogP contribution is 2.25. The Morgan fingerprint density at radius 3 is 2.41 bits per heavy atom. The van der Waals surface area contributed by atoms with Crippen LogP contribution in [0.15, 0.2) is 18.2 Å². The Hall–Kier alpha value is -1.58. The summed E-state index contributed by atoms with van der Waals surface area (Å²) in [5.74, 6) is -2.24. The van der Waals surface area contributed by atoms with Crippen LogP contribution in [0, 0.1) is 17.6 Å². The third-order valence-corrected chi connectivity index (χ3v) is 3.00. The summed E-state index contributed by atoms with van der Waals surface area (Å²) in [6, 6.07) is 2.76. The van der Waals surface area contributed by atoms with Crippen LogP contribution in [0.5, 0.6) is 0 Å². The molecule has 1 fully saturated rings. The van der Waals surface area contributed by atoms with Crippen molar-refractivity contribution in [1.29, 1.82) is 0 Å². The van der Waals surface area contributed by atoms with E-state index < -0.39 is 17.6 Å². The van der Waals surface area contributed by atoms with Crippen molar-refractivity contribution in [3.05, 3.63) is 35.4 Å². The Kier molecular flexibility index (Phi) is 3.31. The molecule has 0 aliphatic heterocycles. The Balaban J connectivity index is 2.21. The maximum atomic E-state index is 13.0. The van der Waals surface area contributed by atoms with E-state index in [0.29, 0.717) is 19.3 Å². The van der Waals surface area contributed by atoms with Crippen LogP contribution in [0.1, 0.15) is 36.0 Å². The molecule has 0 radical (unpaired) electrons. The summed E-state index contributed by atoms with van der Waals surface area (Å²) in [6.07, 6.45) is 1.98. The van der Waals surface area contributed by atoms with Crippen molar-refractivity contribution in [2.45, 2.75) is 25.7 Å². The minimum Gasteiger partial charge on any atom is -0.300 e. The lowest BCUT2D eigenvalue weighted by Crippen LogP contribution is -2.23.